The molecule has 3 aliphatic heterocycles. The predicted octanol–water partition coefficient (Wildman–Crippen LogP) is -0.716. The van der Waals surface area contributed by atoms with Crippen LogP contribution in [0.15, 0.2) is 22.8 Å². The highest BCUT2D eigenvalue weighted by molar-refractivity contribution is 6.08. The van der Waals surface area contributed by atoms with E-state index < -0.39 is 117 Å². The number of Topliss-reactive ketones (excluding diaryl/α,β-unsaturated/α-hetero) is 2. The fourth-order valence-electron chi connectivity index (χ4n) is 12.0. The fourth-order valence-corrected chi connectivity index (χ4v) is 12.0. The van der Waals surface area contributed by atoms with Crippen LogP contribution in [-0.2, 0) is 38.0 Å². The first-order valence-corrected chi connectivity index (χ1v) is 22.8. The number of aliphatic hydroxyl groups excluding tert-OH is 10. The van der Waals surface area contributed by atoms with Gasteiger partial charge in [-0.05, 0) is 98.9 Å². The van der Waals surface area contributed by atoms with Crippen LogP contribution in [-0.4, -0.2) is 181 Å². The van der Waals surface area contributed by atoms with E-state index in [0.29, 0.717) is 36.8 Å². The second kappa shape index (κ2) is 19.4. The average Bonchev–Trinajstić information content (AvgIpc) is 3.54. The zero-order valence-electron chi connectivity index (χ0n) is 36.8. The first kappa shape index (κ1) is 49.1. The van der Waals surface area contributed by atoms with Crippen LogP contribution >= 0.6 is 0 Å². The van der Waals surface area contributed by atoms with Gasteiger partial charge in [0.25, 0.3) is 0 Å². The first-order valence-electron chi connectivity index (χ1n) is 22.8. The topological polar surface area (TPSA) is 292 Å². The molecule has 0 spiro atoms. The highest BCUT2D eigenvalue weighted by Gasteiger charge is 2.60. The molecule has 7 rings (SSSR count). The molecule has 22 atom stereocenters. The summed E-state index contributed by atoms with van der Waals surface area (Å²) >= 11 is 0. The third-order valence-electron chi connectivity index (χ3n) is 16.0. The molecule has 3 saturated heterocycles. The van der Waals surface area contributed by atoms with E-state index in [1.54, 1.807) is 6.92 Å². The van der Waals surface area contributed by atoms with Crippen molar-refractivity contribution < 1.29 is 89.1 Å². The highest BCUT2D eigenvalue weighted by Crippen LogP contribution is 2.66. The molecule has 0 aromatic heterocycles. The normalized spacial score (nSPS) is 49.0. The Hall–Kier alpha value is -1.82. The van der Waals surface area contributed by atoms with Crippen molar-refractivity contribution in [1.82, 2.24) is 0 Å². The maximum absolute atomic E-state index is 13.9. The fraction of sp³-hybridized carbons (Fsp3) is 0.867. The van der Waals surface area contributed by atoms with Crippen LogP contribution in [0.4, 0.5) is 0 Å². The third-order valence-corrected chi connectivity index (χ3v) is 16.0. The number of aliphatic hydroxyl groups is 10. The van der Waals surface area contributed by atoms with Crippen molar-refractivity contribution >= 4 is 11.6 Å². The molecule has 0 aromatic rings. The van der Waals surface area contributed by atoms with Gasteiger partial charge in [0.05, 0.1) is 32.0 Å². The van der Waals surface area contributed by atoms with E-state index >= 15 is 0 Å². The first-order chi connectivity index (χ1) is 29.7. The Morgan fingerprint density at radius 1 is 0.762 bits per heavy atom. The quantitative estimate of drug-likeness (QED) is 0.0807. The van der Waals surface area contributed by atoms with Crippen LogP contribution in [0.2, 0.25) is 0 Å². The molecule has 358 valence electrons. The van der Waals surface area contributed by atoms with Gasteiger partial charge in [-0.2, -0.15) is 0 Å². The monoisotopic (exact) mass is 898 g/mol. The van der Waals surface area contributed by atoms with E-state index in [0.717, 1.165) is 25.7 Å². The maximum Gasteiger partial charge on any atom is 0.187 e. The third kappa shape index (κ3) is 9.15. The van der Waals surface area contributed by atoms with Gasteiger partial charge in [-0.3, -0.25) is 9.59 Å². The van der Waals surface area contributed by atoms with Crippen LogP contribution in [0, 0.1) is 34.5 Å². The van der Waals surface area contributed by atoms with Crippen molar-refractivity contribution in [1.29, 1.82) is 0 Å². The second-order valence-corrected chi connectivity index (χ2v) is 19.9. The number of fused-ring (bicyclic) bond motifs is 5. The molecule has 18 nitrogen and oxygen atoms in total. The molecule has 0 radical (unpaired) electrons. The Kier molecular flexibility index (Phi) is 15.1. The van der Waals surface area contributed by atoms with E-state index in [1.165, 1.54) is 12.5 Å². The van der Waals surface area contributed by atoms with Gasteiger partial charge in [-0.1, -0.05) is 32.4 Å². The molecule has 7 aliphatic rings. The van der Waals surface area contributed by atoms with E-state index in [-0.39, 0.29) is 53.7 Å². The van der Waals surface area contributed by atoms with Crippen molar-refractivity contribution in [3.8, 4) is 0 Å². The number of rotatable bonds is 13. The Morgan fingerprint density at radius 2 is 1.38 bits per heavy atom. The Bertz CT molecular complexity index is 1700. The number of ketones is 2. The van der Waals surface area contributed by atoms with E-state index in [1.807, 2.05) is 6.92 Å². The molecule has 3 saturated carbocycles. The molecule has 18 heteroatoms. The predicted molar refractivity (Wildman–Crippen MR) is 218 cm³/mol. The van der Waals surface area contributed by atoms with Crippen molar-refractivity contribution in [2.24, 2.45) is 34.5 Å². The summed E-state index contributed by atoms with van der Waals surface area (Å²) in [5, 5.41) is 103. The van der Waals surface area contributed by atoms with Gasteiger partial charge >= 0.3 is 0 Å². The minimum absolute atomic E-state index is 0.0223. The molecular weight excluding hydrogens is 828 g/mol. The summed E-state index contributed by atoms with van der Waals surface area (Å²) in [4.78, 5) is 27.7. The lowest BCUT2D eigenvalue weighted by molar-refractivity contribution is -0.369. The molecule has 4 aliphatic carbocycles. The van der Waals surface area contributed by atoms with Crippen LogP contribution in [0.5, 0.6) is 0 Å². The molecule has 0 amide bonds. The number of hydrogen-bond acceptors (Lipinski definition) is 18. The van der Waals surface area contributed by atoms with E-state index in [4.69, 9.17) is 28.4 Å². The summed E-state index contributed by atoms with van der Waals surface area (Å²) in [5.74, 6) is 0.340. The zero-order valence-corrected chi connectivity index (χ0v) is 36.8. The molecule has 0 bridgehead atoms. The van der Waals surface area contributed by atoms with Gasteiger partial charge in [0.2, 0.25) is 0 Å². The van der Waals surface area contributed by atoms with Crippen LogP contribution < -0.4 is 0 Å². The standard InChI is InChI=1S/C45H70O18/c1-19(18-58-41-38(56)36(54)33(51)29(16-46)61-41)6-9-27(48)20(2)31-28(49)15-26-24-8-7-22-14-23(10-12-44(22,4)25(24)11-13-45(26,31)5)60-43-40(37(55)34(52)30(17-47)62-43)63-42-39(57)35(53)32(50)21(3)59-42/h7,19,21,23-26,29-30,32-43,46-47,50-57H,6,8-18H2,1-5H3. The highest BCUT2D eigenvalue weighted by atomic mass is 16.8. The van der Waals surface area contributed by atoms with Crippen LogP contribution in [0.3, 0.4) is 0 Å². The SMILES string of the molecule is CC(C(=O)CCC(C)COC1OC(CO)C(O)C(O)C1O)=C1C(=O)CC2C3CC=C4CC(OC5OC(CO)C(O)C(O)C5OC5OC(C)C(O)C(O)C5O)CCC4(C)C3CCC12C. The van der Waals surface area contributed by atoms with Crippen molar-refractivity contribution in [2.75, 3.05) is 19.8 Å². The Labute approximate surface area is 367 Å². The molecule has 3 heterocycles. The largest absolute Gasteiger partial charge is 0.394 e. The molecule has 22 unspecified atom stereocenters. The maximum atomic E-state index is 13.9. The Balaban J connectivity index is 0.985. The van der Waals surface area contributed by atoms with Gasteiger partial charge in [0, 0.05) is 18.4 Å². The van der Waals surface area contributed by atoms with E-state index in [9.17, 15) is 60.7 Å². The van der Waals surface area contributed by atoms with Crippen LogP contribution in [0.25, 0.3) is 0 Å². The minimum atomic E-state index is -1.67. The summed E-state index contributed by atoms with van der Waals surface area (Å²) in [6, 6.07) is 0. The summed E-state index contributed by atoms with van der Waals surface area (Å²) < 4.78 is 35.1. The number of carbonyl (C=O) groups excluding carboxylic acids is 2. The lowest BCUT2D eigenvalue weighted by Gasteiger charge is -2.57. The molecule has 63 heavy (non-hydrogen) atoms. The summed E-state index contributed by atoms with van der Waals surface area (Å²) in [7, 11) is 0. The zero-order chi connectivity index (χ0) is 45.9. The van der Waals surface area contributed by atoms with Crippen molar-refractivity contribution in [3.05, 3.63) is 22.8 Å². The van der Waals surface area contributed by atoms with Gasteiger partial charge in [0.15, 0.2) is 30.4 Å². The van der Waals surface area contributed by atoms with Crippen LogP contribution in [0.1, 0.15) is 92.4 Å². The summed E-state index contributed by atoms with van der Waals surface area (Å²) in [6.07, 6.45) is -13.8. The molecule has 0 aromatic carbocycles. The lowest BCUT2D eigenvalue weighted by atomic mass is 9.47. The van der Waals surface area contributed by atoms with Crippen molar-refractivity contribution in [2.45, 2.75) is 191 Å². The molecular formula is C45H70O18. The van der Waals surface area contributed by atoms with Crippen molar-refractivity contribution in [3.63, 3.8) is 0 Å². The van der Waals surface area contributed by atoms with E-state index in [2.05, 4.69) is 19.9 Å². The van der Waals surface area contributed by atoms with Gasteiger partial charge in [-0.25, -0.2) is 0 Å². The average molecular weight is 899 g/mol. The molecule has 6 fully saturated rings. The Morgan fingerprint density at radius 3 is 2.06 bits per heavy atom. The number of hydrogen-bond donors (Lipinski definition) is 10. The minimum Gasteiger partial charge on any atom is -0.394 e. The molecule has 10 N–H and O–H groups in total. The van der Waals surface area contributed by atoms with Gasteiger partial charge in [-0.15, -0.1) is 0 Å². The summed E-state index contributed by atoms with van der Waals surface area (Å²) in [6.45, 7) is 8.48. The second-order valence-electron chi connectivity index (χ2n) is 19.9. The summed E-state index contributed by atoms with van der Waals surface area (Å²) in [5.41, 5.74) is 1.73. The van der Waals surface area contributed by atoms with Gasteiger partial charge in [0.1, 0.15) is 67.1 Å². The van der Waals surface area contributed by atoms with Gasteiger partial charge < -0.3 is 79.5 Å². The smallest absolute Gasteiger partial charge is 0.187 e. The number of allylic oxidation sites excluding steroid dienone is 3. The number of ether oxygens (including phenoxy) is 6. The number of carbonyl (C=O) groups is 2. The lowest BCUT2D eigenvalue weighted by Crippen LogP contribution is -2.64.